The van der Waals surface area contributed by atoms with Crippen LogP contribution in [0.3, 0.4) is 0 Å². The number of carbonyl (C=O) groups excluding carboxylic acids is 1. The van der Waals surface area contributed by atoms with E-state index in [0.717, 1.165) is 16.9 Å². The van der Waals surface area contributed by atoms with Gasteiger partial charge in [-0.3, -0.25) is 9.10 Å². The number of nitrogens with two attached hydrogens (primary N) is 1. The van der Waals surface area contributed by atoms with Crippen molar-refractivity contribution in [2.45, 2.75) is 20.3 Å². The Morgan fingerprint density at radius 3 is 2.50 bits per heavy atom. The van der Waals surface area contributed by atoms with Crippen LogP contribution in [0.5, 0.6) is 0 Å². The first-order chi connectivity index (χ1) is 13.2. The van der Waals surface area contributed by atoms with Crippen LogP contribution in [-0.2, 0) is 14.8 Å². The van der Waals surface area contributed by atoms with Crippen molar-refractivity contribution in [3.63, 3.8) is 0 Å². The average molecular weight is 401 g/mol. The molecule has 8 heteroatoms. The fourth-order valence-corrected chi connectivity index (χ4v) is 4.38. The topological polar surface area (TPSA) is 105 Å². The van der Waals surface area contributed by atoms with Gasteiger partial charge in [-0.2, -0.15) is 0 Å². The number of hydrogen-bond acceptors (Lipinski definition) is 5. The molecule has 0 bridgehead atoms. The highest BCUT2D eigenvalue weighted by Crippen LogP contribution is 2.35. The second-order valence-electron chi connectivity index (χ2n) is 6.71. The van der Waals surface area contributed by atoms with Gasteiger partial charge in [0.05, 0.1) is 17.0 Å². The standard InChI is InChI=1S/C20H24N4O3S/c1-4-11-28(26,27)24(3)16-8-6-15(7-9-16)22-13(2)19-17-12-14(21)5-10-18(17)23-20(19)25/h5-10,12,22H,4,11,21H2,1-3H3,(H,23,25)/b19-13-. The molecule has 0 saturated carbocycles. The summed E-state index contributed by atoms with van der Waals surface area (Å²) in [6, 6.07) is 12.3. The van der Waals surface area contributed by atoms with Crippen LogP contribution >= 0.6 is 0 Å². The monoisotopic (exact) mass is 400 g/mol. The van der Waals surface area contributed by atoms with Crippen molar-refractivity contribution in [2.75, 3.05) is 33.5 Å². The van der Waals surface area contributed by atoms with E-state index in [2.05, 4.69) is 10.6 Å². The molecule has 0 fully saturated rings. The van der Waals surface area contributed by atoms with E-state index >= 15 is 0 Å². The van der Waals surface area contributed by atoms with Gasteiger partial charge in [0.2, 0.25) is 10.0 Å². The Labute approximate surface area is 165 Å². The number of sulfonamides is 1. The third kappa shape index (κ3) is 3.82. The van der Waals surface area contributed by atoms with E-state index in [0.29, 0.717) is 29.1 Å². The van der Waals surface area contributed by atoms with Crippen molar-refractivity contribution in [2.24, 2.45) is 0 Å². The minimum atomic E-state index is -3.32. The third-order valence-electron chi connectivity index (χ3n) is 4.61. The number of hydrogen-bond donors (Lipinski definition) is 3. The van der Waals surface area contributed by atoms with Crippen molar-refractivity contribution < 1.29 is 13.2 Å². The van der Waals surface area contributed by atoms with Gasteiger partial charge in [-0.15, -0.1) is 0 Å². The molecule has 0 atom stereocenters. The number of carbonyl (C=O) groups is 1. The summed E-state index contributed by atoms with van der Waals surface area (Å²) in [4.78, 5) is 12.4. The quantitative estimate of drug-likeness (QED) is 0.510. The van der Waals surface area contributed by atoms with Crippen LogP contribution in [-0.4, -0.2) is 27.1 Å². The Hall–Kier alpha value is -3.00. The normalized spacial score (nSPS) is 15.0. The predicted molar refractivity (Wildman–Crippen MR) is 115 cm³/mol. The van der Waals surface area contributed by atoms with E-state index in [1.807, 2.05) is 13.8 Å². The number of anilines is 4. The average Bonchev–Trinajstić information content (AvgIpc) is 2.96. The summed E-state index contributed by atoms with van der Waals surface area (Å²) in [5.74, 6) is -0.0839. The highest BCUT2D eigenvalue weighted by molar-refractivity contribution is 7.92. The number of fused-ring (bicyclic) bond motifs is 1. The molecule has 0 aliphatic carbocycles. The number of nitrogens with zero attached hydrogens (tertiary/aromatic N) is 1. The van der Waals surface area contributed by atoms with Gasteiger partial charge in [0, 0.05) is 35.4 Å². The van der Waals surface area contributed by atoms with Gasteiger partial charge < -0.3 is 16.4 Å². The molecular weight excluding hydrogens is 376 g/mol. The van der Waals surface area contributed by atoms with Crippen LogP contribution in [0, 0.1) is 0 Å². The molecule has 148 valence electrons. The Morgan fingerprint density at radius 1 is 1.18 bits per heavy atom. The van der Waals surface area contributed by atoms with Crippen molar-refractivity contribution in [1.82, 2.24) is 0 Å². The fraction of sp³-hybridized carbons (Fsp3) is 0.250. The fourth-order valence-electron chi connectivity index (χ4n) is 3.15. The van der Waals surface area contributed by atoms with Crippen LogP contribution < -0.4 is 20.7 Å². The molecule has 4 N–H and O–H groups in total. The van der Waals surface area contributed by atoms with E-state index in [4.69, 9.17) is 5.73 Å². The lowest BCUT2D eigenvalue weighted by Gasteiger charge is -2.19. The molecule has 0 saturated heterocycles. The zero-order valence-electron chi connectivity index (χ0n) is 16.1. The maximum absolute atomic E-state index is 12.4. The summed E-state index contributed by atoms with van der Waals surface area (Å²) in [6.07, 6.45) is 0.563. The molecule has 1 aliphatic rings. The summed E-state index contributed by atoms with van der Waals surface area (Å²) in [5, 5.41) is 6.04. The largest absolute Gasteiger partial charge is 0.399 e. The molecule has 0 aromatic heterocycles. The van der Waals surface area contributed by atoms with E-state index in [9.17, 15) is 13.2 Å². The number of nitrogens with one attached hydrogen (secondary N) is 2. The zero-order valence-corrected chi connectivity index (χ0v) is 16.9. The first kappa shape index (κ1) is 19.8. The summed E-state index contributed by atoms with van der Waals surface area (Å²) >= 11 is 0. The Balaban J connectivity index is 1.84. The summed E-state index contributed by atoms with van der Waals surface area (Å²) in [6.45, 7) is 3.65. The SMILES string of the molecule is CCCS(=O)(=O)N(C)c1ccc(N/C(C)=C2\C(=O)Nc3ccc(N)cc32)cc1. The second kappa shape index (κ2) is 7.55. The Bertz CT molecular complexity index is 1040. The predicted octanol–water partition coefficient (Wildman–Crippen LogP) is 3.24. The van der Waals surface area contributed by atoms with Crippen LogP contribution in [0.4, 0.5) is 22.7 Å². The van der Waals surface area contributed by atoms with Crippen molar-refractivity contribution in [3.8, 4) is 0 Å². The van der Waals surface area contributed by atoms with Crippen LogP contribution in [0.15, 0.2) is 48.2 Å². The molecule has 0 spiro atoms. The minimum Gasteiger partial charge on any atom is -0.399 e. The summed E-state index contributed by atoms with van der Waals surface area (Å²) < 4.78 is 25.7. The molecule has 28 heavy (non-hydrogen) atoms. The number of rotatable bonds is 6. The molecular formula is C20H24N4O3S. The number of allylic oxidation sites excluding steroid dienone is 1. The first-order valence-electron chi connectivity index (χ1n) is 8.98. The lowest BCUT2D eigenvalue weighted by Crippen LogP contribution is -2.28. The van der Waals surface area contributed by atoms with Gasteiger partial charge >= 0.3 is 0 Å². The van der Waals surface area contributed by atoms with Crippen molar-refractivity contribution in [3.05, 3.63) is 53.7 Å². The van der Waals surface area contributed by atoms with Crippen LogP contribution in [0.2, 0.25) is 0 Å². The molecule has 2 aromatic rings. The molecule has 1 aliphatic heterocycles. The van der Waals surface area contributed by atoms with E-state index in [1.165, 1.54) is 4.31 Å². The van der Waals surface area contributed by atoms with E-state index < -0.39 is 10.0 Å². The Kier molecular flexibility index (Phi) is 5.33. The van der Waals surface area contributed by atoms with Gasteiger partial charge in [0.15, 0.2) is 0 Å². The maximum Gasteiger partial charge on any atom is 0.258 e. The van der Waals surface area contributed by atoms with Crippen molar-refractivity contribution in [1.29, 1.82) is 0 Å². The van der Waals surface area contributed by atoms with Gasteiger partial charge in [-0.1, -0.05) is 6.92 Å². The van der Waals surface area contributed by atoms with Gasteiger partial charge in [-0.25, -0.2) is 8.42 Å². The lowest BCUT2D eigenvalue weighted by atomic mass is 10.0. The van der Waals surface area contributed by atoms with Gasteiger partial charge in [0.1, 0.15) is 0 Å². The minimum absolute atomic E-state index is 0.104. The van der Waals surface area contributed by atoms with Crippen LogP contribution in [0.25, 0.3) is 5.57 Å². The molecule has 2 aromatic carbocycles. The summed E-state index contributed by atoms with van der Waals surface area (Å²) in [7, 11) is -1.77. The molecule has 3 rings (SSSR count). The van der Waals surface area contributed by atoms with Crippen molar-refractivity contribution >= 4 is 44.3 Å². The molecule has 1 amide bonds. The van der Waals surface area contributed by atoms with E-state index in [1.54, 1.807) is 49.5 Å². The highest BCUT2D eigenvalue weighted by atomic mass is 32.2. The number of benzene rings is 2. The lowest BCUT2D eigenvalue weighted by molar-refractivity contribution is -0.110. The number of amides is 1. The first-order valence-corrected chi connectivity index (χ1v) is 10.6. The molecule has 0 unspecified atom stereocenters. The third-order valence-corrected chi connectivity index (χ3v) is 6.57. The van der Waals surface area contributed by atoms with Crippen LogP contribution in [0.1, 0.15) is 25.8 Å². The van der Waals surface area contributed by atoms with Gasteiger partial charge in [0.25, 0.3) is 5.91 Å². The Morgan fingerprint density at radius 2 is 1.86 bits per heavy atom. The molecule has 7 nitrogen and oxygen atoms in total. The zero-order chi connectivity index (χ0) is 20.5. The highest BCUT2D eigenvalue weighted by Gasteiger charge is 2.26. The molecule has 1 heterocycles. The maximum atomic E-state index is 12.4. The number of nitrogen functional groups attached to an aromatic ring is 1. The smallest absolute Gasteiger partial charge is 0.258 e. The van der Waals surface area contributed by atoms with Gasteiger partial charge in [-0.05, 0) is 55.8 Å². The molecule has 0 radical (unpaired) electrons. The second-order valence-corrected chi connectivity index (χ2v) is 8.83. The summed E-state index contributed by atoms with van der Waals surface area (Å²) in [5.41, 5.74) is 10.5. The van der Waals surface area contributed by atoms with E-state index in [-0.39, 0.29) is 11.7 Å².